The zero-order chi connectivity index (χ0) is 13.1. The average Bonchev–Trinajstić information content (AvgIpc) is 2.36. The summed E-state index contributed by atoms with van der Waals surface area (Å²) in [5.41, 5.74) is 1.36. The summed E-state index contributed by atoms with van der Waals surface area (Å²) in [5, 5.41) is 2.94. The van der Waals surface area contributed by atoms with Crippen LogP contribution in [0.25, 0.3) is 0 Å². The number of benzene rings is 1. The van der Waals surface area contributed by atoms with E-state index in [1.54, 1.807) is 26.1 Å². The fourth-order valence-electron chi connectivity index (χ4n) is 1.54. The van der Waals surface area contributed by atoms with Crippen LogP contribution >= 0.6 is 0 Å². The van der Waals surface area contributed by atoms with Crippen LogP contribution in [0, 0.1) is 19.7 Å². The van der Waals surface area contributed by atoms with Crippen molar-refractivity contribution >= 4 is 5.82 Å². The summed E-state index contributed by atoms with van der Waals surface area (Å²) in [4.78, 5) is 8.09. The molecule has 0 radical (unpaired) electrons. The van der Waals surface area contributed by atoms with E-state index in [9.17, 15) is 4.39 Å². The van der Waals surface area contributed by atoms with Gasteiger partial charge in [-0.25, -0.2) is 14.4 Å². The molecular formula is C13H14FN3O. The molecule has 0 bridgehead atoms. The van der Waals surface area contributed by atoms with Gasteiger partial charge in [-0.2, -0.15) is 0 Å². The lowest BCUT2D eigenvalue weighted by molar-refractivity contribution is 0.452. The van der Waals surface area contributed by atoms with Crippen LogP contribution in [-0.4, -0.2) is 17.0 Å². The Morgan fingerprint density at radius 1 is 1.22 bits per heavy atom. The predicted molar refractivity (Wildman–Crippen MR) is 67.5 cm³/mol. The smallest absolute Gasteiger partial charge is 0.227 e. The second-order valence-electron chi connectivity index (χ2n) is 3.92. The zero-order valence-corrected chi connectivity index (χ0v) is 10.5. The summed E-state index contributed by atoms with van der Waals surface area (Å²) in [6.07, 6.45) is 1.40. The summed E-state index contributed by atoms with van der Waals surface area (Å²) < 4.78 is 19.0. The number of aryl methyl sites for hydroxylation is 1. The molecule has 0 aliphatic rings. The van der Waals surface area contributed by atoms with Crippen LogP contribution in [0.15, 0.2) is 24.5 Å². The molecule has 94 valence electrons. The van der Waals surface area contributed by atoms with Crippen LogP contribution in [0.2, 0.25) is 0 Å². The molecule has 1 aromatic carbocycles. The molecule has 0 saturated heterocycles. The monoisotopic (exact) mass is 247 g/mol. The van der Waals surface area contributed by atoms with E-state index in [0.717, 1.165) is 5.56 Å². The van der Waals surface area contributed by atoms with E-state index in [1.165, 1.54) is 12.4 Å². The van der Waals surface area contributed by atoms with Gasteiger partial charge in [0.2, 0.25) is 5.88 Å². The standard InChI is InChI=1S/C13H14FN3O/c1-8-4-5-10(6-11(8)14)18-13-9(2)12(15-3)16-7-17-13/h4-7H,1-3H3,(H,15,16,17). The summed E-state index contributed by atoms with van der Waals surface area (Å²) in [6, 6.07) is 4.72. The van der Waals surface area contributed by atoms with Gasteiger partial charge in [0.25, 0.3) is 0 Å². The van der Waals surface area contributed by atoms with E-state index in [4.69, 9.17) is 4.74 Å². The summed E-state index contributed by atoms with van der Waals surface area (Å²) in [5.74, 6) is 1.22. The minimum Gasteiger partial charge on any atom is -0.438 e. The lowest BCUT2D eigenvalue weighted by atomic mass is 10.2. The normalized spacial score (nSPS) is 10.2. The molecular weight excluding hydrogens is 233 g/mol. The van der Waals surface area contributed by atoms with Gasteiger partial charge in [0.05, 0.1) is 5.56 Å². The fourth-order valence-corrected chi connectivity index (χ4v) is 1.54. The topological polar surface area (TPSA) is 47.0 Å². The Morgan fingerprint density at radius 2 is 2.00 bits per heavy atom. The minimum atomic E-state index is -0.298. The Morgan fingerprint density at radius 3 is 2.67 bits per heavy atom. The molecule has 0 saturated carbocycles. The molecule has 0 amide bonds. The predicted octanol–water partition coefficient (Wildman–Crippen LogP) is 3.07. The van der Waals surface area contributed by atoms with E-state index in [2.05, 4.69) is 15.3 Å². The zero-order valence-electron chi connectivity index (χ0n) is 10.5. The second kappa shape index (κ2) is 5.00. The van der Waals surface area contributed by atoms with Crippen molar-refractivity contribution in [3.63, 3.8) is 0 Å². The van der Waals surface area contributed by atoms with Crippen molar-refractivity contribution in [3.05, 3.63) is 41.5 Å². The SMILES string of the molecule is CNc1ncnc(Oc2ccc(C)c(F)c2)c1C. The van der Waals surface area contributed by atoms with E-state index < -0.39 is 0 Å². The fraction of sp³-hybridized carbons (Fsp3) is 0.231. The van der Waals surface area contributed by atoms with Crippen molar-refractivity contribution in [3.8, 4) is 11.6 Å². The molecule has 0 aliphatic carbocycles. The largest absolute Gasteiger partial charge is 0.438 e. The van der Waals surface area contributed by atoms with Crippen LogP contribution in [0.5, 0.6) is 11.6 Å². The number of nitrogens with zero attached hydrogens (tertiary/aromatic N) is 2. The van der Waals surface area contributed by atoms with Gasteiger partial charge in [0, 0.05) is 13.1 Å². The Labute approximate surface area is 105 Å². The highest BCUT2D eigenvalue weighted by molar-refractivity contribution is 5.48. The molecule has 0 unspecified atom stereocenters. The number of halogens is 1. The van der Waals surface area contributed by atoms with Gasteiger partial charge in [-0.15, -0.1) is 0 Å². The average molecular weight is 247 g/mol. The molecule has 0 fully saturated rings. The van der Waals surface area contributed by atoms with Crippen molar-refractivity contribution in [2.24, 2.45) is 0 Å². The van der Waals surface area contributed by atoms with Gasteiger partial charge in [-0.1, -0.05) is 6.07 Å². The molecule has 1 N–H and O–H groups in total. The first-order valence-corrected chi connectivity index (χ1v) is 5.55. The third kappa shape index (κ3) is 2.40. The number of nitrogens with one attached hydrogen (secondary N) is 1. The Hall–Kier alpha value is -2.17. The van der Waals surface area contributed by atoms with Crippen molar-refractivity contribution in [1.29, 1.82) is 0 Å². The highest BCUT2D eigenvalue weighted by Gasteiger charge is 2.09. The quantitative estimate of drug-likeness (QED) is 0.905. The Balaban J connectivity index is 2.31. The number of anilines is 1. The van der Waals surface area contributed by atoms with Crippen LogP contribution < -0.4 is 10.1 Å². The van der Waals surface area contributed by atoms with E-state index in [1.807, 2.05) is 6.92 Å². The number of aromatic nitrogens is 2. The molecule has 0 atom stereocenters. The second-order valence-corrected chi connectivity index (χ2v) is 3.92. The summed E-state index contributed by atoms with van der Waals surface area (Å²) in [6.45, 7) is 3.54. The van der Waals surface area contributed by atoms with E-state index in [-0.39, 0.29) is 5.82 Å². The molecule has 2 aromatic rings. The van der Waals surface area contributed by atoms with Gasteiger partial charge in [-0.05, 0) is 25.5 Å². The third-order valence-corrected chi connectivity index (χ3v) is 2.63. The molecule has 5 heteroatoms. The molecule has 1 heterocycles. The molecule has 18 heavy (non-hydrogen) atoms. The number of hydrogen-bond donors (Lipinski definition) is 1. The first-order valence-electron chi connectivity index (χ1n) is 5.55. The third-order valence-electron chi connectivity index (χ3n) is 2.63. The van der Waals surface area contributed by atoms with E-state index >= 15 is 0 Å². The molecule has 4 nitrogen and oxygen atoms in total. The highest BCUT2D eigenvalue weighted by atomic mass is 19.1. The van der Waals surface area contributed by atoms with E-state index in [0.29, 0.717) is 23.0 Å². The minimum absolute atomic E-state index is 0.298. The molecule has 0 aliphatic heterocycles. The molecule has 0 spiro atoms. The maximum absolute atomic E-state index is 13.4. The first-order chi connectivity index (χ1) is 8.61. The molecule has 2 rings (SSSR count). The van der Waals surface area contributed by atoms with Gasteiger partial charge in [0.15, 0.2) is 0 Å². The number of rotatable bonds is 3. The maximum Gasteiger partial charge on any atom is 0.227 e. The lowest BCUT2D eigenvalue weighted by Gasteiger charge is -2.10. The Kier molecular flexibility index (Phi) is 3.41. The van der Waals surface area contributed by atoms with Crippen LogP contribution in [-0.2, 0) is 0 Å². The molecule has 1 aromatic heterocycles. The first kappa shape index (κ1) is 12.3. The summed E-state index contributed by atoms with van der Waals surface area (Å²) in [7, 11) is 1.77. The maximum atomic E-state index is 13.4. The van der Waals surface area contributed by atoms with Gasteiger partial charge < -0.3 is 10.1 Å². The summed E-state index contributed by atoms with van der Waals surface area (Å²) >= 11 is 0. The van der Waals surface area contributed by atoms with Gasteiger partial charge in [0.1, 0.15) is 23.7 Å². The van der Waals surface area contributed by atoms with Crippen molar-refractivity contribution < 1.29 is 9.13 Å². The van der Waals surface area contributed by atoms with Crippen LogP contribution in [0.3, 0.4) is 0 Å². The number of hydrogen-bond acceptors (Lipinski definition) is 4. The van der Waals surface area contributed by atoms with Crippen LogP contribution in [0.4, 0.5) is 10.2 Å². The van der Waals surface area contributed by atoms with Gasteiger partial charge in [-0.3, -0.25) is 0 Å². The van der Waals surface area contributed by atoms with Gasteiger partial charge >= 0.3 is 0 Å². The van der Waals surface area contributed by atoms with Crippen molar-refractivity contribution in [1.82, 2.24) is 9.97 Å². The highest BCUT2D eigenvalue weighted by Crippen LogP contribution is 2.26. The Bertz CT molecular complexity index is 572. The number of ether oxygens (including phenoxy) is 1. The van der Waals surface area contributed by atoms with Crippen molar-refractivity contribution in [2.45, 2.75) is 13.8 Å². The van der Waals surface area contributed by atoms with Crippen molar-refractivity contribution in [2.75, 3.05) is 12.4 Å². The lowest BCUT2D eigenvalue weighted by Crippen LogP contribution is -2.00. The van der Waals surface area contributed by atoms with Crippen LogP contribution in [0.1, 0.15) is 11.1 Å².